The van der Waals surface area contributed by atoms with Crippen LogP contribution in [0.25, 0.3) is 0 Å². The molecule has 4 rings (SSSR count). The number of rotatable bonds is 7. The molecule has 0 radical (unpaired) electrons. The fraction of sp³-hybridized carbons (Fsp3) is 0.345. The predicted molar refractivity (Wildman–Crippen MR) is 131 cm³/mol. The summed E-state index contributed by atoms with van der Waals surface area (Å²) in [6.45, 7) is 9.88. The van der Waals surface area contributed by atoms with Gasteiger partial charge in [0, 0.05) is 45.6 Å². The maximum atomic E-state index is 13.3. The number of carbonyl (C=O) groups excluding carboxylic acids is 1. The van der Waals surface area contributed by atoms with Gasteiger partial charge in [0.1, 0.15) is 5.82 Å². The van der Waals surface area contributed by atoms with Crippen molar-refractivity contribution >= 4 is 5.91 Å². The highest BCUT2D eigenvalue weighted by Crippen LogP contribution is 2.34. The maximum Gasteiger partial charge on any atom is 0.219 e. The van der Waals surface area contributed by atoms with E-state index in [1.165, 1.54) is 34.4 Å². The summed E-state index contributed by atoms with van der Waals surface area (Å²) >= 11 is 0. The lowest BCUT2D eigenvalue weighted by Crippen LogP contribution is -2.35. The number of nitrogens with zero attached hydrogens (tertiary/aromatic N) is 2. The zero-order valence-corrected chi connectivity index (χ0v) is 19.8. The largest absolute Gasteiger partial charge is 0.338 e. The quantitative estimate of drug-likeness (QED) is 0.466. The molecule has 0 unspecified atom stereocenters. The SMILES string of the molecule is CC(=O)N(Cc1ccc(F)cc1)C[C@H]1CN(Cc2ccc(C)cc2)C[C@@H]1c1ccc(C)cc1. The summed E-state index contributed by atoms with van der Waals surface area (Å²) in [4.78, 5) is 17.0. The summed E-state index contributed by atoms with van der Waals surface area (Å²) in [6.07, 6.45) is 0. The zero-order valence-electron chi connectivity index (χ0n) is 19.8. The smallest absolute Gasteiger partial charge is 0.219 e. The predicted octanol–water partition coefficient (Wildman–Crippen LogP) is 5.71. The molecule has 3 aromatic rings. The van der Waals surface area contributed by atoms with Crippen molar-refractivity contribution in [1.82, 2.24) is 9.80 Å². The fourth-order valence-corrected chi connectivity index (χ4v) is 4.82. The summed E-state index contributed by atoms with van der Waals surface area (Å²) in [6, 6.07) is 24.0. The van der Waals surface area contributed by atoms with Gasteiger partial charge in [0.15, 0.2) is 0 Å². The van der Waals surface area contributed by atoms with E-state index < -0.39 is 0 Å². The number of aryl methyl sites for hydroxylation is 2. The molecule has 0 saturated carbocycles. The summed E-state index contributed by atoms with van der Waals surface area (Å²) in [5.74, 6) is 0.502. The van der Waals surface area contributed by atoms with E-state index >= 15 is 0 Å². The van der Waals surface area contributed by atoms with E-state index in [1.807, 2.05) is 4.90 Å². The van der Waals surface area contributed by atoms with Crippen LogP contribution in [-0.4, -0.2) is 35.3 Å². The Balaban J connectivity index is 1.53. The Bertz CT molecular complexity index is 1060. The number of likely N-dealkylation sites (tertiary alicyclic amines) is 1. The fourth-order valence-electron chi connectivity index (χ4n) is 4.82. The van der Waals surface area contributed by atoms with E-state index in [0.29, 0.717) is 24.9 Å². The lowest BCUT2D eigenvalue weighted by molar-refractivity contribution is -0.130. The van der Waals surface area contributed by atoms with E-state index in [1.54, 1.807) is 19.1 Å². The monoisotopic (exact) mass is 444 g/mol. The first-order valence-corrected chi connectivity index (χ1v) is 11.7. The molecule has 1 aliphatic heterocycles. The van der Waals surface area contributed by atoms with Crippen molar-refractivity contribution in [2.45, 2.75) is 39.8 Å². The maximum absolute atomic E-state index is 13.3. The van der Waals surface area contributed by atoms with Crippen molar-refractivity contribution in [3.05, 3.63) is 106 Å². The number of hydrogen-bond donors (Lipinski definition) is 0. The molecule has 3 aromatic carbocycles. The van der Waals surface area contributed by atoms with Crippen molar-refractivity contribution in [1.29, 1.82) is 0 Å². The molecule has 0 aromatic heterocycles. The highest BCUT2D eigenvalue weighted by molar-refractivity contribution is 5.73. The molecule has 1 saturated heterocycles. The Morgan fingerprint density at radius 1 is 0.879 bits per heavy atom. The molecule has 1 aliphatic rings. The van der Waals surface area contributed by atoms with Gasteiger partial charge in [0.25, 0.3) is 0 Å². The van der Waals surface area contributed by atoms with Gasteiger partial charge in [-0.2, -0.15) is 0 Å². The van der Waals surface area contributed by atoms with Crippen LogP contribution < -0.4 is 0 Å². The highest BCUT2D eigenvalue weighted by atomic mass is 19.1. The highest BCUT2D eigenvalue weighted by Gasteiger charge is 2.35. The standard InChI is InChI=1S/C29H33FN2O/c1-21-4-8-24(9-5-21)16-31-18-27(29(20-31)26-12-6-22(2)7-13-26)19-32(23(3)33)17-25-10-14-28(30)15-11-25/h4-15,27,29H,16-20H2,1-3H3/t27-,29-/m1/s1. The van der Waals surface area contributed by atoms with Crippen molar-refractivity contribution < 1.29 is 9.18 Å². The van der Waals surface area contributed by atoms with Crippen LogP contribution in [-0.2, 0) is 17.9 Å². The molecule has 0 spiro atoms. The lowest BCUT2D eigenvalue weighted by atomic mass is 9.88. The summed E-state index contributed by atoms with van der Waals surface area (Å²) in [5, 5.41) is 0. The second-order valence-corrected chi connectivity index (χ2v) is 9.48. The van der Waals surface area contributed by atoms with Crippen LogP contribution in [0.1, 0.15) is 40.7 Å². The minimum atomic E-state index is -0.255. The molecular formula is C29H33FN2O. The third-order valence-electron chi connectivity index (χ3n) is 6.74. The minimum Gasteiger partial charge on any atom is -0.338 e. The van der Waals surface area contributed by atoms with Crippen LogP contribution in [0.3, 0.4) is 0 Å². The van der Waals surface area contributed by atoms with E-state index in [0.717, 1.165) is 25.2 Å². The lowest BCUT2D eigenvalue weighted by Gasteiger charge is -2.28. The van der Waals surface area contributed by atoms with Crippen molar-refractivity contribution in [2.75, 3.05) is 19.6 Å². The van der Waals surface area contributed by atoms with E-state index in [-0.39, 0.29) is 11.7 Å². The molecule has 0 bridgehead atoms. The van der Waals surface area contributed by atoms with Gasteiger partial charge in [-0.25, -0.2) is 4.39 Å². The van der Waals surface area contributed by atoms with Gasteiger partial charge >= 0.3 is 0 Å². The van der Waals surface area contributed by atoms with Crippen molar-refractivity contribution in [3.63, 3.8) is 0 Å². The topological polar surface area (TPSA) is 23.6 Å². The second-order valence-electron chi connectivity index (χ2n) is 9.48. The summed E-state index contributed by atoms with van der Waals surface area (Å²) in [7, 11) is 0. The molecule has 2 atom stereocenters. The van der Waals surface area contributed by atoms with E-state index in [2.05, 4.69) is 67.3 Å². The van der Waals surface area contributed by atoms with Gasteiger partial charge in [-0.15, -0.1) is 0 Å². The number of carbonyl (C=O) groups is 1. The van der Waals surface area contributed by atoms with Crippen LogP contribution >= 0.6 is 0 Å². The van der Waals surface area contributed by atoms with Crippen LogP contribution in [0.15, 0.2) is 72.8 Å². The van der Waals surface area contributed by atoms with Crippen molar-refractivity contribution in [2.24, 2.45) is 5.92 Å². The third-order valence-corrected chi connectivity index (χ3v) is 6.74. The Hall–Kier alpha value is -2.98. The summed E-state index contributed by atoms with van der Waals surface area (Å²) < 4.78 is 13.3. The Kier molecular flexibility index (Phi) is 7.24. The molecule has 33 heavy (non-hydrogen) atoms. The normalized spacial score (nSPS) is 18.4. The second kappa shape index (κ2) is 10.3. The van der Waals surface area contributed by atoms with E-state index in [4.69, 9.17) is 0 Å². The molecule has 4 heteroatoms. The van der Waals surface area contributed by atoms with Crippen LogP contribution in [0.5, 0.6) is 0 Å². The van der Waals surface area contributed by atoms with Crippen LogP contribution in [0, 0.1) is 25.6 Å². The zero-order chi connectivity index (χ0) is 23.4. The first-order chi connectivity index (χ1) is 15.9. The van der Waals surface area contributed by atoms with Gasteiger partial charge in [-0.3, -0.25) is 9.69 Å². The Labute approximate surface area is 196 Å². The number of benzene rings is 3. The molecule has 0 N–H and O–H groups in total. The van der Waals surface area contributed by atoms with Crippen molar-refractivity contribution in [3.8, 4) is 0 Å². The van der Waals surface area contributed by atoms with Gasteiger partial charge in [0.05, 0.1) is 0 Å². The van der Waals surface area contributed by atoms with Crippen LogP contribution in [0.4, 0.5) is 4.39 Å². The molecule has 1 heterocycles. The van der Waals surface area contributed by atoms with Gasteiger partial charge in [-0.05, 0) is 48.6 Å². The van der Waals surface area contributed by atoms with Gasteiger partial charge < -0.3 is 4.90 Å². The minimum absolute atomic E-state index is 0.0546. The average molecular weight is 445 g/mol. The van der Waals surface area contributed by atoms with Gasteiger partial charge in [0.2, 0.25) is 5.91 Å². The molecule has 1 fully saturated rings. The molecular weight excluding hydrogens is 411 g/mol. The Morgan fingerprint density at radius 2 is 1.45 bits per heavy atom. The molecule has 172 valence electrons. The number of halogens is 1. The first kappa shape index (κ1) is 23.2. The van der Waals surface area contributed by atoms with Crippen LogP contribution in [0.2, 0.25) is 0 Å². The number of amides is 1. The first-order valence-electron chi connectivity index (χ1n) is 11.7. The molecule has 3 nitrogen and oxygen atoms in total. The Morgan fingerprint density at radius 3 is 2.06 bits per heavy atom. The third kappa shape index (κ3) is 6.08. The summed E-state index contributed by atoms with van der Waals surface area (Å²) in [5.41, 5.74) is 6.13. The number of hydrogen-bond acceptors (Lipinski definition) is 2. The average Bonchev–Trinajstić information content (AvgIpc) is 3.19. The van der Waals surface area contributed by atoms with E-state index in [9.17, 15) is 9.18 Å². The molecule has 0 aliphatic carbocycles. The molecule has 1 amide bonds. The van der Waals surface area contributed by atoms with Gasteiger partial charge in [-0.1, -0.05) is 71.8 Å².